The van der Waals surface area contributed by atoms with Crippen LogP contribution in [0.2, 0.25) is 10.0 Å². The summed E-state index contributed by atoms with van der Waals surface area (Å²) in [5, 5.41) is 9.41. The van der Waals surface area contributed by atoms with Crippen molar-refractivity contribution in [3.63, 3.8) is 0 Å². The highest BCUT2D eigenvalue weighted by Crippen LogP contribution is 2.24. The number of carbonyl (C=O) groups is 1. The molecule has 0 aliphatic heterocycles. The van der Waals surface area contributed by atoms with Gasteiger partial charge in [0.25, 0.3) is 5.56 Å². The minimum atomic E-state index is -0.981. The second kappa shape index (κ2) is 9.37. The van der Waals surface area contributed by atoms with Crippen molar-refractivity contribution in [1.82, 2.24) is 4.57 Å². The SMILES string of the molecule is Cc1ccc(C)c(OCc2c(Cl)cc(Cl)c(=O)n2CCc2ccc(C(=O)O)cc2)c1. The van der Waals surface area contributed by atoms with E-state index in [0.717, 1.165) is 22.4 Å². The Balaban J connectivity index is 1.85. The summed E-state index contributed by atoms with van der Waals surface area (Å²) in [5.41, 5.74) is 3.35. The third-order valence-electron chi connectivity index (χ3n) is 4.84. The van der Waals surface area contributed by atoms with Crippen LogP contribution in [-0.4, -0.2) is 15.6 Å². The Morgan fingerprint density at radius 1 is 1.03 bits per heavy atom. The third-order valence-corrected chi connectivity index (χ3v) is 5.44. The second-order valence-corrected chi connectivity index (χ2v) is 7.87. The van der Waals surface area contributed by atoms with E-state index < -0.39 is 5.97 Å². The molecule has 0 bridgehead atoms. The first-order valence-electron chi connectivity index (χ1n) is 9.36. The summed E-state index contributed by atoms with van der Waals surface area (Å²) in [6, 6.07) is 13.9. The highest BCUT2D eigenvalue weighted by molar-refractivity contribution is 6.34. The Hall–Kier alpha value is -2.76. The number of rotatable bonds is 7. The van der Waals surface area contributed by atoms with E-state index in [4.69, 9.17) is 33.0 Å². The van der Waals surface area contributed by atoms with Gasteiger partial charge in [-0.15, -0.1) is 0 Å². The molecule has 0 saturated heterocycles. The van der Waals surface area contributed by atoms with Crippen molar-refractivity contribution in [2.24, 2.45) is 0 Å². The zero-order valence-corrected chi connectivity index (χ0v) is 18.1. The molecule has 0 aliphatic carbocycles. The van der Waals surface area contributed by atoms with Crippen molar-refractivity contribution in [1.29, 1.82) is 0 Å². The number of nitrogens with zero attached hydrogens (tertiary/aromatic N) is 1. The largest absolute Gasteiger partial charge is 0.487 e. The summed E-state index contributed by atoms with van der Waals surface area (Å²) in [6.45, 7) is 4.38. The van der Waals surface area contributed by atoms with Gasteiger partial charge in [0.15, 0.2) is 0 Å². The normalized spacial score (nSPS) is 10.8. The molecule has 0 atom stereocenters. The van der Waals surface area contributed by atoms with Crippen LogP contribution in [0.1, 0.15) is 32.7 Å². The topological polar surface area (TPSA) is 68.5 Å². The average Bonchev–Trinajstić information content (AvgIpc) is 2.71. The van der Waals surface area contributed by atoms with Crippen LogP contribution < -0.4 is 10.3 Å². The molecule has 1 aromatic heterocycles. The van der Waals surface area contributed by atoms with Gasteiger partial charge in [-0.3, -0.25) is 4.79 Å². The number of aryl methyl sites for hydroxylation is 3. The zero-order chi connectivity index (χ0) is 21.8. The Morgan fingerprint density at radius 3 is 2.40 bits per heavy atom. The molecule has 30 heavy (non-hydrogen) atoms. The van der Waals surface area contributed by atoms with Crippen LogP contribution in [0.5, 0.6) is 5.75 Å². The smallest absolute Gasteiger partial charge is 0.335 e. The van der Waals surface area contributed by atoms with Crippen molar-refractivity contribution in [2.75, 3.05) is 0 Å². The Labute approximate surface area is 184 Å². The lowest BCUT2D eigenvalue weighted by Crippen LogP contribution is -2.26. The van der Waals surface area contributed by atoms with E-state index in [0.29, 0.717) is 23.7 Å². The summed E-state index contributed by atoms with van der Waals surface area (Å²) in [4.78, 5) is 23.7. The molecule has 3 rings (SSSR count). The molecule has 7 heteroatoms. The molecule has 3 aromatic rings. The Morgan fingerprint density at radius 2 is 1.73 bits per heavy atom. The number of benzene rings is 2. The molecule has 0 saturated carbocycles. The quantitative estimate of drug-likeness (QED) is 0.536. The Kier molecular flexibility index (Phi) is 6.85. The molecule has 0 fully saturated rings. The maximum atomic E-state index is 12.7. The van der Waals surface area contributed by atoms with Gasteiger partial charge < -0.3 is 14.4 Å². The Bertz CT molecular complexity index is 1140. The van der Waals surface area contributed by atoms with E-state index in [1.807, 2.05) is 32.0 Å². The van der Waals surface area contributed by atoms with Crippen LogP contribution in [0, 0.1) is 13.8 Å². The summed E-state index contributed by atoms with van der Waals surface area (Å²) < 4.78 is 7.48. The fourth-order valence-corrected chi connectivity index (χ4v) is 3.62. The van der Waals surface area contributed by atoms with E-state index in [1.54, 1.807) is 12.1 Å². The van der Waals surface area contributed by atoms with Crippen LogP contribution >= 0.6 is 23.2 Å². The van der Waals surface area contributed by atoms with Crippen LogP contribution in [0.3, 0.4) is 0 Å². The molecular weight excluding hydrogens is 425 g/mol. The molecule has 2 aromatic carbocycles. The number of aromatic carboxylic acids is 1. The fraction of sp³-hybridized carbons (Fsp3) is 0.217. The van der Waals surface area contributed by atoms with E-state index in [-0.39, 0.29) is 22.8 Å². The number of carboxylic acids is 1. The first-order valence-corrected chi connectivity index (χ1v) is 10.1. The van der Waals surface area contributed by atoms with Crippen molar-refractivity contribution in [2.45, 2.75) is 33.4 Å². The number of pyridine rings is 1. The number of hydrogen-bond acceptors (Lipinski definition) is 3. The number of ether oxygens (including phenoxy) is 1. The predicted molar refractivity (Wildman–Crippen MR) is 118 cm³/mol. The lowest BCUT2D eigenvalue weighted by Gasteiger charge is -2.17. The van der Waals surface area contributed by atoms with Gasteiger partial charge in [0, 0.05) is 6.54 Å². The van der Waals surface area contributed by atoms with Gasteiger partial charge in [-0.2, -0.15) is 0 Å². The van der Waals surface area contributed by atoms with Crippen molar-refractivity contribution in [3.8, 4) is 5.75 Å². The maximum Gasteiger partial charge on any atom is 0.335 e. The van der Waals surface area contributed by atoms with Gasteiger partial charge in [0.2, 0.25) is 0 Å². The van der Waals surface area contributed by atoms with Gasteiger partial charge >= 0.3 is 5.97 Å². The highest BCUT2D eigenvalue weighted by Gasteiger charge is 2.14. The molecule has 0 unspecified atom stereocenters. The number of aromatic nitrogens is 1. The van der Waals surface area contributed by atoms with Crippen LogP contribution in [0.4, 0.5) is 0 Å². The van der Waals surface area contributed by atoms with Gasteiger partial charge in [0.05, 0.1) is 16.3 Å². The molecule has 5 nitrogen and oxygen atoms in total. The lowest BCUT2D eigenvalue weighted by molar-refractivity contribution is 0.0697. The summed E-state index contributed by atoms with van der Waals surface area (Å²) in [5.74, 6) is -0.255. The van der Waals surface area contributed by atoms with E-state index in [2.05, 4.69) is 0 Å². The van der Waals surface area contributed by atoms with E-state index >= 15 is 0 Å². The molecule has 1 N–H and O–H groups in total. The van der Waals surface area contributed by atoms with Gasteiger partial charge in [-0.1, -0.05) is 47.5 Å². The van der Waals surface area contributed by atoms with Crippen molar-refractivity contribution in [3.05, 3.63) is 96.9 Å². The number of halogens is 2. The first kappa shape index (κ1) is 21.9. The minimum absolute atomic E-state index is 0.0386. The number of carboxylic acid groups (broad SMARTS) is 1. The average molecular weight is 446 g/mol. The highest BCUT2D eigenvalue weighted by atomic mass is 35.5. The van der Waals surface area contributed by atoms with Crippen LogP contribution in [0.15, 0.2) is 53.3 Å². The van der Waals surface area contributed by atoms with Crippen LogP contribution in [0.25, 0.3) is 0 Å². The monoisotopic (exact) mass is 445 g/mol. The van der Waals surface area contributed by atoms with Crippen LogP contribution in [-0.2, 0) is 19.6 Å². The van der Waals surface area contributed by atoms with Gasteiger partial charge in [-0.25, -0.2) is 4.79 Å². The molecule has 0 spiro atoms. The van der Waals surface area contributed by atoms with Gasteiger partial charge in [0.1, 0.15) is 17.4 Å². The third kappa shape index (κ3) is 5.04. The van der Waals surface area contributed by atoms with Crippen molar-refractivity contribution >= 4 is 29.2 Å². The van der Waals surface area contributed by atoms with E-state index in [9.17, 15) is 9.59 Å². The summed E-state index contributed by atoms with van der Waals surface area (Å²) in [7, 11) is 0. The summed E-state index contributed by atoms with van der Waals surface area (Å²) >= 11 is 12.5. The summed E-state index contributed by atoms with van der Waals surface area (Å²) in [6.07, 6.45) is 0.507. The number of hydrogen-bond donors (Lipinski definition) is 1. The molecular formula is C23H21Cl2NO4. The maximum absolute atomic E-state index is 12.7. The molecule has 0 aliphatic rings. The molecule has 0 amide bonds. The van der Waals surface area contributed by atoms with E-state index in [1.165, 1.54) is 22.8 Å². The molecule has 156 valence electrons. The minimum Gasteiger partial charge on any atom is -0.487 e. The molecule has 1 heterocycles. The standard InChI is InChI=1S/C23H21Cl2NO4/c1-14-3-4-15(2)21(11-14)30-13-20-18(24)12-19(25)22(27)26(20)10-9-16-5-7-17(8-6-16)23(28)29/h3-8,11-12H,9-10,13H2,1-2H3,(H,28,29). The van der Waals surface area contributed by atoms with Gasteiger partial charge in [-0.05, 0) is 61.2 Å². The first-order chi connectivity index (χ1) is 14.3. The fourth-order valence-electron chi connectivity index (χ4n) is 3.08. The predicted octanol–water partition coefficient (Wildman–Crippen LogP) is 5.29. The zero-order valence-electron chi connectivity index (χ0n) is 16.6. The second-order valence-electron chi connectivity index (χ2n) is 7.05. The lowest BCUT2D eigenvalue weighted by atomic mass is 10.1. The van der Waals surface area contributed by atoms with Crippen molar-refractivity contribution < 1.29 is 14.6 Å². The molecule has 0 radical (unpaired) electrons.